The summed E-state index contributed by atoms with van der Waals surface area (Å²) in [6, 6.07) is 4.60. The van der Waals surface area contributed by atoms with Crippen LogP contribution >= 0.6 is 0 Å². The first kappa shape index (κ1) is 18.0. The van der Waals surface area contributed by atoms with Crippen molar-refractivity contribution in [3.8, 4) is 11.5 Å². The number of hydrogen-bond donors (Lipinski definition) is 0. The summed E-state index contributed by atoms with van der Waals surface area (Å²) < 4.78 is 41.7. The van der Waals surface area contributed by atoms with Crippen LogP contribution in [0.15, 0.2) is 18.2 Å². The number of sulfonamides is 1. The quantitative estimate of drug-likeness (QED) is 0.755. The zero-order valence-electron chi connectivity index (χ0n) is 14.5. The number of carbonyl (C=O) groups excluding carboxylic acids is 1. The lowest BCUT2D eigenvalue weighted by Crippen LogP contribution is -2.43. The third-order valence-electron chi connectivity index (χ3n) is 4.73. The van der Waals surface area contributed by atoms with Gasteiger partial charge >= 0.3 is 0 Å². The zero-order chi connectivity index (χ0) is 18.2. The molecule has 1 aromatic rings. The minimum Gasteiger partial charge on any atom is -0.493 e. The second-order valence-electron chi connectivity index (χ2n) is 6.09. The minimum absolute atomic E-state index is 0.0277. The Balaban J connectivity index is 1.81. The number of nitrogens with zero attached hydrogens (tertiary/aromatic N) is 2. The lowest BCUT2D eigenvalue weighted by atomic mass is 10.1. The van der Waals surface area contributed by atoms with E-state index >= 15 is 0 Å². The van der Waals surface area contributed by atoms with Crippen LogP contribution in [0.4, 0.5) is 0 Å². The summed E-state index contributed by atoms with van der Waals surface area (Å²) in [7, 11) is 1.23. The average molecular weight is 370 g/mol. The van der Waals surface area contributed by atoms with E-state index in [-0.39, 0.29) is 30.4 Å². The molecule has 8 nitrogen and oxygen atoms in total. The van der Waals surface area contributed by atoms with Crippen molar-refractivity contribution in [3.63, 3.8) is 0 Å². The van der Waals surface area contributed by atoms with Crippen molar-refractivity contribution < 1.29 is 27.4 Å². The highest BCUT2D eigenvalue weighted by atomic mass is 32.2. The third kappa shape index (κ3) is 3.31. The van der Waals surface area contributed by atoms with E-state index in [1.54, 1.807) is 30.1 Å². The Bertz CT molecular complexity index is 766. The fourth-order valence-electron chi connectivity index (χ4n) is 3.24. The van der Waals surface area contributed by atoms with Crippen molar-refractivity contribution in [2.45, 2.75) is 12.1 Å². The molecule has 0 N–H and O–H groups in total. The molecule has 9 heteroatoms. The van der Waals surface area contributed by atoms with E-state index in [2.05, 4.69) is 0 Å². The molecule has 2 heterocycles. The van der Waals surface area contributed by atoms with Gasteiger partial charge in [0.25, 0.3) is 5.91 Å². The largest absolute Gasteiger partial charge is 0.493 e. The smallest absolute Gasteiger partial charge is 0.254 e. The summed E-state index contributed by atoms with van der Waals surface area (Å²) in [6.45, 7) is 0.803. The molecule has 0 saturated carbocycles. The normalized spacial score (nSPS) is 26.0. The van der Waals surface area contributed by atoms with Crippen LogP contribution in [0, 0.1) is 0 Å². The average Bonchev–Trinajstić information content (AvgIpc) is 2.99. The highest BCUT2D eigenvalue weighted by Crippen LogP contribution is 2.30. The summed E-state index contributed by atoms with van der Waals surface area (Å²) in [5.74, 6) is 0.793. The number of amides is 1. The summed E-state index contributed by atoms with van der Waals surface area (Å²) in [5, 5.41) is 0. The molecule has 2 atom stereocenters. The van der Waals surface area contributed by atoms with Gasteiger partial charge in [-0.1, -0.05) is 0 Å². The molecular formula is C16H22N2O6S. The predicted molar refractivity (Wildman–Crippen MR) is 90.5 cm³/mol. The molecule has 1 amide bonds. The van der Waals surface area contributed by atoms with E-state index in [4.69, 9.17) is 14.2 Å². The Morgan fingerprint density at radius 2 is 1.92 bits per heavy atom. The molecule has 138 valence electrons. The first-order chi connectivity index (χ1) is 11.9. The van der Waals surface area contributed by atoms with Crippen molar-refractivity contribution in [2.24, 2.45) is 0 Å². The highest BCUT2D eigenvalue weighted by molar-refractivity contribution is 7.89. The molecule has 0 aromatic heterocycles. The number of methoxy groups -OCH3 is 2. The molecule has 0 radical (unpaired) electrons. The van der Waals surface area contributed by atoms with Crippen LogP contribution in [-0.2, 0) is 14.8 Å². The summed E-state index contributed by atoms with van der Waals surface area (Å²) in [6.07, 6.45) is -0.314. The maximum absolute atomic E-state index is 12.8. The van der Waals surface area contributed by atoms with Crippen LogP contribution in [0.1, 0.15) is 10.4 Å². The van der Waals surface area contributed by atoms with Gasteiger partial charge in [-0.3, -0.25) is 4.79 Å². The monoisotopic (exact) mass is 370 g/mol. The molecule has 0 bridgehead atoms. The second kappa shape index (κ2) is 6.81. The van der Waals surface area contributed by atoms with Gasteiger partial charge in [0.05, 0.1) is 38.7 Å². The molecular weight excluding hydrogens is 348 g/mol. The van der Waals surface area contributed by atoms with Gasteiger partial charge in [-0.2, -0.15) is 4.31 Å². The van der Waals surface area contributed by atoms with Crippen LogP contribution in [0.3, 0.4) is 0 Å². The van der Waals surface area contributed by atoms with E-state index in [9.17, 15) is 13.2 Å². The molecule has 3 rings (SSSR count). The Hall–Kier alpha value is -1.84. The number of likely N-dealkylation sites (tertiary alicyclic amines) is 1. The number of rotatable bonds is 3. The fraction of sp³-hybridized carbons (Fsp3) is 0.562. The van der Waals surface area contributed by atoms with Gasteiger partial charge in [0, 0.05) is 25.7 Å². The Labute approximate surface area is 147 Å². The molecule has 2 aliphatic rings. The van der Waals surface area contributed by atoms with Gasteiger partial charge in [-0.05, 0) is 18.2 Å². The molecule has 0 aliphatic carbocycles. The van der Waals surface area contributed by atoms with E-state index in [0.29, 0.717) is 30.2 Å². The number of fused-ring (bicyclic) bond motifs is 1. The maximum Gasteiger partial charge on any atom is 0.254 e. The number of carbonyl (C=O) groups is 1. The van der Waals surface area contributed by atoms with Crippen molar-refractivity contribution in [1.29, 1.82) is 0 Å². The molecule has 2 aliphatic heterocycles. The molecule has 2 fully saturated rings. The molecule has 0 unspecified atom stereocenters. The minimum atomic E-state index is -3.35. The van der Waals surface area contributed by atoms with Crippen LogP contribution in [-0.4, -0.2) is 82.4 Å². The lowest BCUT2D eigenvalue weighted by molar-refractivity contribution is 0.0480. The summed E-state index contributed by atoms with van der Waals surface area (Å²) in [4.78, 5) is 14.4. The van der Waals surface area contributed by atoms with Crippen LogP contribution < -0.4 is 9.47 Å². The van der Waals surface area contributed by atoms with Crippen molar-refractivity contribution >= 4 is 15.9 Å². The van der Waals surface area contributed by atoms with Crippen molar-refractivity contribution in [2.75, 3.05) is 46.7 Å². The Kier molecular flexibility index (Phi) is 4.90. The fourth-order valence-corrected chi connectivity index (χ4v) is 4.45. The van der Waals surface area contributed by atoms with E-state index < -0.39 is 10.0 Å². The molecule has 1 aromatic carbocycles. The Morgan fingerprint density at radius 1 is 1.20 bits per heavy atom. The van der Waals surface area contributed by atoms with Crippen LogP contribution in [0.25, 0.3) is 0 Å². The predicted octanol–water partition coefficient (Wildman–Crippen LogP) is 0.189. The first-order valence-corrected chi connectivity index (χ1v) is 9.57. The first-order valence-electron chi connectivity index (χ1n) is 7.96. The maximum atomic E-state index is 12.8. The van der Waals surface area contributed by atoms with Gasteiger partial charge in [-0.15, -0.1) is 0 Å². The van der Waals surface area contributed by atoms with E-state index in [0.717, 1.165) is 0 Å². The topological polar surface area (TPSA) is 85.4 Å². The SMILES string of the molecule is COc1ccc(C(=O)N2C[C@@H]3OCCS(=O)(=O)N(C)[C@@H]3C2)cc1OC. The number of likely N-dealkylation sites (N-methyl/N-ethyl adjacent to an activating group) is 1. The second-order valence-corrected chi connectivity index (χ2v) is 8.24. The summed E-state index contributed by atoms with van der Waals surface area (Å²) in [5.41, 5.74) is 0.458. The molecule has 0 spiro atoms. The summed E-state index contributed by atoms with van der Waals surface area (Å²) >= 11 is 0. The van der Waals surface area contributed by atoms with Crippen molar-refractivity contribution in [1.82, 2.24) is 9.21 Å². The number of benzene rings is 1. The molecule has 25 heavy (non-hydrogen) atoms. The van der Waals surface area contributed by atoms with E-state index in [1.165, 1.54) is 18.5 Å². The van der Waals surface area contributed by atoms with Crippen LogP contribution in [0.5, 0.6) is 11.5 Å². The van der Waals surface area contributed by atoms with Crippen molar-refractivity contribution in [3.05, 3.63) is 23.8 Å². The third-order valence-corrected chi connectivity index (χ3v) is 6.56. The zero-order valence-corrected chi connectivity index (χ0v) is 15.3. The van der Waals surface area contributed by atoms with Gasteiger partial charge in [0.1, 0.15) is 0 Å². The van der Waals surface area contributed by atoms with Gasteiger partial charge in [-0.25, -0.2) is 8.42 Å². The molecule has 2 saturated heterocycles. The number of ether oxygens (including phenoxy) is 3. The number of hydrogen-bond acceptors (Lipinski definition) is 6. The standard InChI is InChI=1S/C16H22N2O6S/c1-17-12-9-18(10-15(12)24-6-7-25(17,20)21)16(19)11-4-5-13(22-2)14(8-11)23-3/h4-5,8,12,15H,6-7,9-10H2,1-3H3/t12-,15+/m1/s1. The van der Waals surface area contributed by atoms with E-state index in [1.807, 2.05) is 0 Å². The highest BCUT2D eigenvalue weighted by Gasteiger charge is 2.44. The van der Waals surface area contributed by atoms with Crippen LogP contribution in [0.2, 0.25) is 0 Å². The lowest BCUT2D eigenvalue weighted by Gasteiger charge is -2.23. The van der Waals surface area contributed by atoms with Gasteiger partial charge in [0.2, 0.25) is 10.0 Å². The van der Waals surface area contributed by atoms with Gasteiger partial charge in [0.15, 0.2) is 11.5 Å². The van der Waals surface area contributed by atoms with Gasteiger partial charge < -0.3 is 19.1 Å². The Morgan fingerprint density at radius 3 is 2.60 bits per heavy atom.